The van der Waals surface area contributed by atoms with E-state index in [2.05, 4.69) is 16.0 Å². The van der Waals surface area contributed by atoms with Crippen molar-refractivity contribution in [3.63, 3.8) is 0 Å². The van der Waals surface area contributed by atoms with Crippen molar-refractivity contribution in [3.8, 4) is 0 Å². The summed E-state index contributed by atoms with van der Waals surface area (Å²) >= 11 is 1.36. The van der Waals surface area contributed by atoms with Gasteiger partial charge in [-0.3, -0.25) is 14.2 Å². The number of aryl methyl sites for hydroxylation is 2. The van der Waals surface area contributed by atoms with Crippen LogP contribution in [0.5, 0.6) is 0 Å². The Morgan fingerprint density at radius 2 is 1.72 bits per heavy atom. The maximum Gasteiger partial charge on any atom is 0.271 e. The third kappa shape index (κ3) is 4.16. The first-order chi connectivity index (χ1) is 17.2. The number of carbonyl (C=O) groups is 1. The number of hydrogen-bond acceptors (Lipinski definition) is 4. The average Bonchev–Trinajstić information content (AvgIpc) is 3.29. The van der Waals surface area contributed by atoms with Gasteiger partial charge in [0.05, 0.1) is 21.8 Å². The molecule has 3 heterocycles. The van der Waals surface area contributed by atoms with Gasteiger partial charge in [0.1, 0.15) is 0 Å². The number of para-hydroxylation sites is 1. The first-order valence-electron chi connectivity index (χ1n) is 11.8. The molecule has 1 aliphatic heterocycles. The fraction of sp³-hybridized carbons (Fsp3) is 0.207. The van der Waals surface area contributed by atoms with Crippen molar-refractivity contribution in [2.24, 2.45) is 12.0 Å². The molecule has 0 saturated carbocycles. The number of anilines is 1. The Hall–Kier alpha value is -3.97. The number of nitrogens with zero attached hydrogens (tertiary/aromatic N) is 3. The molecule has 0 aliphatic carbocycles. The molecule has 2 aromatic carbocycles. The minimum Gasteiger partial charge on any atom is -0.352 e. The van der Waals surface area contributed by atoms with Crippen LogP contribution in [0.2, 0.25) is 0 Å². The summed E-state index contributed by atoms with van der Waals surface area (Å²) in [5, 5.41) is 2.99. The molecular formula is C29H28N4O2S. The maximum absolute atomic E-state index is 13.8. The Kier molecular flexibility index (Phi) is 6.10. The molecule has 4 aromatic rings. The van der Waals surface area contributed by atoms with Gasteiger partial charge in [-0.25, -0.2) is 4.99 Å². The van der Waals surface area contributed by atoms with Crippen LogP contribution in [0.25, 0.3) is 6.08 Å². The molecule has 6 nitrogen and oxygen atoms in total. The summed E-state index contributed by atoms with van der Waals surface area (Å²) in [6, 6.07) is 18.8. The van der Waals surface area contributed by atoms with Crippen LogP contribution in [0.15, 0.2) is 81.7 Å². The zero-order chi connectivity index (χ0) is 25.6. The van der Waals surface area contributed by atoms with E-state index in [1.807, 2.05) is 95.4 Å². The first kappa shape index (κ1) is 23.8. The van der Waals surface area contributed by atoms with Crippen molar-refractivity contribution in [2.45, 2.75) is 33.7 Å². The summed E-state index contributed by atoms with van der Waals surface area (Å²) in [5.74, 6) is -0.267. The molecule has 36 heavy (non-hydrogen) atoms. The van der Waals surface area contributed by atoms with Crippen molar-refractivity contribution in [2.75, 3.05) is 5.32 Å². The molecule has 5 rings (SSSR count). The zero-order valence-electron chi connectivity index (χ0n) is 21.0. The van der Waals surface area contributed by atoms with Crippen LogP contribution in [0, 0.1) is 20.8 Å². The Morgan fingerprint density at radius 1 is 1.03 bits per heavy atom. The molecule has 2 aromatic heterocycles. The van der Waals surface area contributed by atoms with E-state index in [4.69, 9.17) is 4.99 Å². The molecule has 182 valence electrons. The van der Waals surface area contributed by atoms with Crippen LogP contribution in [0.3, 0.4) is 0 Å². The van der Waals surface area contributed by atoms with E-state index in [0.29, 0.717) is 26.3 Å². The van der Waals surface area contributed by atoms with Crippen molar-refractivity contribution < 1.29 is 4.79 Å². The van der Waals surface area contributed by atoms with Crippen LogP contribution in [0.1, 0.15) is 41.0 Å². The predicted molar refractivity (Wildman–Crippen MR) is 145 cm³/mol. The molecule has 0 spiro atoms. The third-order valence-electron chi connectivity index (χ3n) is 6.79. The minimum atomic E-state index is -0.577. The van der Waals surface area contributed by atoms with Gasteiger partial charge >= 0.3 is 0 Å². The molecule has 1 amide bonds. The van der Waals surface area contributed by atoms with E-state index in [9.17, 15) is 9.59 Å². The number of allylic oxidation sites excluding steroid dienone is 1. The quantitative estimate of drug-likeness (QED) is 0.462. The van der Waals surface area contributed by atoms with E-state index < -0.39 is 6.04 Å². The highest BCUT2D eigenvalue weighted by molar-refractivity contribution is 7.07. The number of benzene rings is 2. The van der Waals surface area contributed by atoms with Gasteiger partial charge in [0.25, 0.3) is 11.5 Å². The monoisotopic (exact) mass is 496 g/mol. The second-order valence-electron chi connectivity index (χ2n) is 9.20. The number of carbonyl (C=O) groups excluding carboxylic acids is 1. The summed E-state index contributed by atoms with van der Waals surface area (Å²) in [7, 11) is 2.02. The number of thiazole rings is 1. The highest BCUT2D eigenvalue weighted by Gasteiger charge is 2.32. The van der Waals surface area contributed by atoms with Gasteiger partial charge in [-0.15, -0.1) is 0 Å². The molecule has 0 unspecified atom stereocenters. The lowest BCUT2D eigenvalue weighted by molar-refractivity contribution is -0.113. The van der Waals surface area contributed by atoms with Gasteiger partial charge in [0.15, 0.2) is 4.80 Å². The Balaban J connectivity index is 1.69. The number of amides is 1. The Bertz CT molecular complexity index is 1690. The predicted octanol–water partition coefficient (Wildman–Crippen LogP) is 4.14. The smallest absolute Gasteiger partial charge is 0.271 e. The Morgan fingerprint density at radius 3 is 2.36 bits per heavy atom. The molecule has 0 fully saturated rings. The lowest BCUT2D eigenvalue weighted by atomic mass is 9.94. The van der Waals surface area contributed by atoms with E-state index in [1.165, 1.54) is 11.3 Å². The molecule has 1 N–H and O–H groups in total. The van der Waals surface area contributed by atoms with Crippen LogP contribution < -0.4 is 20.2 Å². The van der Waals surface area contributed by atoms with Crippen molar-refractivity contribution >= 4 is 29.0 Å². The molecule has 1 atom stereocenters. The highest BCUT2D eigenvalue weighted by atomic mass is 32.1. The summed E-state index contributed by atoms with van der Waals surface area (Å²) in [5.41, 5.74) is 6.81. The van der Waals surface area contributed by atoms with Gasteiger partial charge in [0, 0.05) is 24.1 Å². The van der Waals surface area contributed by atoms with E-state index in [0.717, 1.165) is 28.1 Å². The standard InChI is InChI=1S/C29H28N4O2S/c1-17-11-13-21(14-12-17)26-25(27(34)31-23-9-7-6-8-10-23)19(3)30-29-33(26)28(35)24(36-29)16-22-15-18(2)32(5)20(22)4/h6-16,26H,1-5H3,(H,31,34)/b24-16+/t26-/m1/s1. The van der Waals surface area contributed by atoms with Crippen molar-refractivity contribution in [1.82, 2.24) is 9.13 Å². The number of nitrogens with one attached hydrogen (secondary N) is 1. The largest absolute Gasteiger partial charge is 0.352 e. The van der Waals surface area contributed by atoms with Gasteiger partial charge in [-0.05, 0) is 63.1 Å². The lowest BCUT2D eigenvalue weighted by Crippen LogP contribution is -2.40. The molecule has 1 aliphatic rings. The molecular weight excluding hydrogens is 468 g/mol. The zero-order valence-corrected chi connectivity index (χ0v) is 21.8. The van der Waals surface area contributed by atoms with Crippen LogP contribution in [0.4, 0.5) is 5.69 Å². The number of hydrogen-bond donors (Lipinski definition) is 1. The Labute approximate surface area is 213 Å². The van der Waals surface area contributed by atoms with Crippen molar-refractivity contribution in [3.05, 3.63) is 120 Å². The van der Waals surface area contributed by atoms with E-state index >= 15 is 0 Å². The highest BCUT2D eigenvalue weighted by Crippen LogP contribution is 2.31. The second kappa shape index (κ2) is 9.24. The fourth-order valence-corrected chi connectivity index (χ4v) is 5.61. The number of aromatic nitrogens is 2. The number of fused-ring (bicyclic) bond motifs is 1. The second-order valence-corrected chi connectivity index (χ2v) is 10.2. The first-order valence-corrected chi connectivity index (χ1v) is 12.6. The number of rotatable bonds is 4. The van der Waals surface area contributed by atoms with Crippen molar-refractivity contribution in [1.29, 1.82) is 0 Å². The fourth-order valence-electron chi connectivity index (χ4n) is 4.57. The van der Waals surface area contributed by atoms with Crippen LogP contribution in [-0.4, -0.2) is 15.0 Å². The van der Waals surface area contributed by atoms with E-state index in [1.54, 1.807) is 4.57 Å². The van der Waals surface area contributed by atoms with Gasteiger partial charge < -0.3 is 9.88 Å². The van der Waals surface area contributed by atoms with Gasteiger partial charge in [-0.2, -0.15) is 0 Å². The minimum absolute atomic E-state index is 0.150. The molecule has 0 bridgehead atoms. The summed E-state index contributed by atoms with van der Waals surface area (Å²) in [6.07, 6.45) is 1.93. The normalized spacial score (nSPS) is 15.6. The van der Waals surface area contributed by atoms with Crippen LogP contribution in [-0.2, 0) is 11.8 Å². The summed E-state index contributed by atoms with van der Waals surface area (Å²) in [4.78, 5) is 32.7. The lowest BCUT2D eigenvalue weighted by Gasteiger charge is -2.25. The van der Waals surface area contributed by atoms with Gasteiger partial charge in [-0.1, -0.05) is 59.4 Å². The topological polar surface area (TPSA) is 68.4 Å². The van der Waals surface area contributed by atoms with Gasteiger partial charge in [0.2, 0.25) is 0 Å². The SMILES string of the molecule is CC1=C(C(=O)Nc2ccccc2)[C@@H](c2ccc(C)cc2)n2c(s/c(=C/c3cc(C)n(C)c3C)c2=O)=N1. The third-order valence-corrected chi connectivity index (χ3v) is 7.77. The molecule has 0 saturated heterocycles. The maximum atomic E-state index is 13.8. The summed E-state index contributed by atoms with van der Waals surface area (Å²) < 4.78 is 4.37. The summed E-state index contributed by atoms with van der Waals surface area (Å²) in [6.45, 7) is 7.94. The molecule has 7 heteroatoms. The van der Waals surface area contributed by atoms with E-state index in [-0.39, 0.29) is 11.5 Å². The average molecular weight is 497 g/mol. The molecule has 0 radical (unpaired) electrons. The van der Waals surface area contributed by atoms with Crippen LogP contribution >= 0.6 is 11.3 Å².